The van der Waals surface area contributed by atoms with Crippen molar-refractivity contribution in [2.75, 3.05) is 20.3 Å². The topological polar surface area (TPSA) is 59.7 Å². The molecule has 0 aliphatic carbocycles. The number of methoxy groups -OCH3 is 1. The predicted molar refractivity (Wildman–Crippen MR) is 106 cm³/mol. The van der Waals surface area contributed by atoms with Gasteiger partial charge in [-0.3, -0.25) is 4.79 Å². The third kappa shape index (κ3) is 4.06. The van der Waals surface area contributed by atoms with Gasteiger partial charge in [0.25, 0.3) is 0 Å². The van der Waals surface area contributed by atoms with Gasteiger partial charge in [0, 0.05) is 19.7 Å². The van der Waals surface area contributed by atoms with Crippen LogP contribution in [0.2, 0.25) is 0 Å². The number of aromatic nitrogens is 3. The lowest BCUT2D eigenvalue weighted by Gasteiger charge is -2.34. The largest absolute Gasteiger partial charge is 0.433 e. The summed E-state index contributed by atoms with van der Waals surface area (Å²) in [6, 6.07) is 5.73. The molecule has 0 N–H and O–H groups in total. The molecule has 1 amide bonds. The van der Waals surface area contributed by atoms with Crippen LogP contribution in [0.15, 0.2) is 29.6 Å². The molecule has 1 saturated heterocycles. The molecule has 10 heteroatoms. The van der Waals surface area contributed by atoms with Crippen molar-refractivity contribution < 1.29 is 22.7 Å². The number of piperidine rings is 1. The maximum absolute atomic E-state index is 13.8. The summed E-state index contributed by atoms with van der Waals surface area (Å²) in [5.74, 6) is -0.0816. The molecule has 1 atom stereocenters. The number of rotatable bonds is 5. The summed E-state index contributed by atoms with van der Waals surface area (Å²) in [5, 5.41) is 6.04. The van der Waals surface area contributed by atoms with Crippen molar-refractivity contribution >= 4 is 22.9 Å². The fourth-order valence-corrected chi connectivity index (χ4v) is 4.46. The van der Waals surface area contributed by atoms with Crippen LogP contribution in [-0.4, -0.2) is 45.7 Å². The van der Waals surface area contributed by atoms with Crippen LogP contribution >= 0.6 is 11.3 Å². The Morgan fingerprint density at radius 3 is 2.87 bits per heavy atom. The fourth-order valence-electron chi connectivity index (χ4n) is 3.78. The monoisotopic (exact) mass is 438 g/mol. The molecule has 1 fully saturated rings. The lowest BCUT2D eigenvalue weighted by molar-refractivity contribution is -0.143. The average molecular weight is 438 g/mol. The van der Waals surface area contributed by atoms with E-state index in [1.807, 2.05) is 0 Å². The van der Waals surface area contributed by atoms with E-state index in [0.717, 1.165) is 23.4 Å². The van der Waals surface area contributed by atoms with Gasteiger partial charge in [-0.25, -0.2) is 9.50 Å². The Labute approximate surface area is 175 Å². The van der Waals surface area contributed by atoms with E-state index in [1.165, 1.54) is 18.4 Å². The number of carbonyl (C=O) groups excluding carboxylic acids is 1. The Balaban J connectivity index is 1.77. The van der Waals surface area contributed by atoms with Gasteiger partial charge in [0.2, 0.25) is 5.91 Å². The number of carbonyl (C=O) groups is 1. The molecular formula is C20H21F3N4O2S. The summed E-state index contributed by atoms with van der Waals surface area (Å²) in [7, 11) is 1.53. The number of alkyl halides is 3. The standard InChI is InChI=1S/C20H21F3N4O2S/c1-29-9-7-19(28)26-8-3-2-5-15(26)13-12-18-24-14(16-6-4-10-30-16)11-17(20(21,22)23)27(18)25-13/h4,6,10-12,15H,2-3,5,7-9H2,1H3/t15-/m1/s1. The number of halogens is 3. The number of thiophene rings is 1. The Kier molecular flexibility index (Phi) is 5.79. The van der Waals surface area contributed by atoms with Crippen LogP contribution in [0, 0.1) is 0 Å². The molecular weight excluding hydrogens is 417 g/mol. The van der Waals surface area contributed by atoms with Crippen LogP contribution < -0.4 is 0 Å². The summed E-state index contributed by atoms with van der Waals surface area (Å²) in [4.78, 5) is 19.4. The van der Waals surface area contributed by atoms with Crippen molar-refractivity contribution in [2.45, 2.75) is 37.9 Å². The van der Waals surface area contributed by atoms with Gasteiger partial charge in [0.05, 0.1) is 35.3 Å². The Morgan fingerprint density at radius 1 is 1.33 bits per heavy atom. The van der Waals surface area contributed by atoms with Crippen molar-refractivity contribution in [3.8, 4) is 10.6 Å². The van der Waals surface area contributed by atoms with E-state index in [9.17, 15) is 18.0 Å². The van der Waals surface area contributed by atoms with Crippen LogP contribution in [-0.2, 0) is 15.7 Å². The van der Waals surface area contributed by atoms with Crippen LogP contribution in [0.3, 0.4) is 0 Å². The first-order chi connectivity index (χ1) is 14.4. The van der Waals surface area contributed by atoms with Gasteiger partial charge in [-0.2, -0.15) is 18.3 Å². The van der Waals surface area contributed by atoms with Crippen LogP contribution in [0.4, 0.5) is 13.2 Å². The van der Waals surface area contributed by atoms with Gasteiger partial charge >= 0.3 is 6.18 Å². The summed E-state index contributed by atoms with van der Waals surface area (Å²) < 4.78 is 47.2. The molecule has 3 aromatic heterocycles. The maximum atomic E-state index is 13.8. The quantitative estimate of drug-likeness (QED) is 0.586. The molecule has 6 nitrogen and oxygen atoms in total. The van der Waals surface area contributed by atoms with E-state index in [-0.39, 0.29) is 29.7 Å². The van der Waals surface area contributed by atoms with E-state index >= 15 is 0 Å². The number of ether oxygens (including phenoxy) is 1. The number of nitrogens with zero attached hydrogens (tertiary/aromatic N) is 4. The minimum absolute atomic E-state index is 0.0816. The minimum atomic E-state index is -4.59. The highest BCUT2D eigenvalue weighted by Crippen LogP contribution is 2.36. The number of fused-ring (bicyclic) bond motifs is 1. The first-order valence-electron chi connectivity index (χ1n) is 9.68. The minimum Gasteiger partial charge on any atom is -0.384 e. The van der Waals surface area contributed by atoms with Crippen LogP contribution in [0.1, 0.15) is 43.1 Å². The molecule has 30 heavy (non-hydrogen) atoms. The van der Waals surface area contributed by atoms with E-state index < -0.39 is 11.9 Å². The summed E-state index contributed by atoms with van der Waals surface area (Å²) in [5.41, 5.74) is -0.0666. The van der Waals surface area contributed by atoms with Crippen molar-refractivity contribution in [2.24, 2.45) is 0 Å². The highest BCUT2D eigenvalue weighted by Gasteiger charge is 2.36. The molecule has 0 unspecified atom stereocenters. The smallest absolute Gasteiger partial charge is 0.384 e. The van der Waals surface area contributed by atoms with Crippen molar-refractivity contribution in [3.63, 3.8) is 0 Å². The van der Waals surface area contributed by atoms with Gasteiger partial charge in [-0.1, -0.05) is 6.07 Å². The highest BCUT2D eigenvalue weighted by molar-refractivity contribution is 7.13. The van der Waals surface area contributed by atoms with Gasteiger partial charge in [0.1, 0.15) is 0 Å². The zero-order chi connectivity index (χ0) is 21.3. The zero-order valence-electron chi connectivity index (χ0n) is 16.4. The van der Waals surface area contributed by atoms with Gasteiger partial charge in [-0.05, 0) is 36.8 Å². The normalized spacial score (nSPS) is 17.6. The fraction of sp³-hybridized carbons (Fsp3) is 0.450. The second kappa shape index (κ2) is 8.35. The Morgan fingerprint density at radius 2 is 2.17 bits per heavy atom. The summed E-state index contributed by atoms with van der Waals surface area (Å²) in [6.07, 6.45) is -1.96. The molecule has 1 aliphatic heterocycles. The lowest BCUT2D eigenvalue weighted by atomic mass is 9.99. The highest BCUT2D eigenvalue weighted by atomic mass is 32.1. The maximum Gasteiger partial charge on any atom is 0.433 e. The third-order valence-electron chi connectivity index (χ3n) is 5.19. The molecule has 3 aromatic rings. The molecule has 1 aliphatic rings. The number of amides is 1. The molecule has 4 heterocycles. The molecule has 0 radical (unpaired) electrons. The summed E-state index contributed by atoms with van der Waals surface area (Å²) >= 11 is 1.33. The first-order valence-corrected chi connectivity index (χ1v) is 10.6. The van der Waals surface area contributed by atoms with E-state index in [2.05, 4.69) is 10.1 Å². The molecule has 0 spiro atoms. The number of hydrogen-bond acceptors (Lipinski definition) is 5. The molecule has 0 saturated carbocycles. The molecule has 0 aromatic carbocycles. The number of hydrogen-bond donors (Lipinski definition) is 0. The van der Waals surface area contributed by atoms with Crippen LogP contribution in [0.25, 0.3) is 16.2 Å². The molecule has 4 rings (SSSR count). The average Bonchev–Trinajstić information content (AvgIpc) is 3.40. The van der Waals surface area contributed by atoms with Crippen molar-refractivity contribution in [3.05, 3.63) is 41.0 Å². The Bertz CT molecular complexity index is 1030. The molecule has 0 bridgehead atoms. The third-order valence-corrected chi connectivity index (χ3v) is 6.09. The van der Waals surface area contributed by atoms with Gasteiger partial charge < -0.3 is 9.64 Å². The second-order valence-electron chi connectivity index (χ2n) is 7.18. The van der Waals surface area contributed by atoms with Gasteiger partial charge in [-0.15, -0.1) is 11.3 Å². The van der Waals surface area contributed by atoms with E-state index in [4.69, 9.17) is 4.74 Å². The predicted octanol–water partition coefficient (Wildman–Crippen LogP) is 4.57. The Hall–Kier alpha value is -2.46. The molecule has 160 valence electrons. The SMILES string of the molecule is COCCC(=O)N1CCCC[C@@H]1c1cc2nc(-c3cccs3)cc(C(F)(F)F)n2n1. The van der Waals surface area contributed by atoms with Crippen LogP contribution in [0.5, 0.6) is 0 Å². The van der Waals surface area contributed by atoms with Crippen molar-refractivity contribution in [1.29, 1.82) is 0 Å². The van der Waals surface area contributed by atoms with Crippen molar-refractivity contribution in [1.82, 2.24) is 19.5 Å². The van der Waals surface area contributed by atoms with E-state index in [0.29, 0.717) is 30.1 Å². The summed E-state index contributed by atoms with van der Waals surface area (Å²) in [6.45, 7) is 0.859. The second-order valence-corrected chi connectivity index (χ2v) is 8.13. The first kappa shape index (κ1) is 20.8. The lowest BCUT2D eigenvalue weighted by Crippen LogP contribution is -2.39. The van der Waals surface area contributed by atoms with Gasteiger partial charge in [0.15, 0.2) is 11.3 Å². The zero-order valence-corrected chi connectivity index (χ0v) is 17.2. The number of likely N-dealkylation sites (tertiary alicyclic amines) is 1. The van der Waals surface area contributed by atoms with E-state index in [1.54, 1.807) is 28.5 Å².